The van der Waals surface area contributed by atoms with Gasteiger partial charge in [0.05, 0.1) is 5.56 Å². The van der Waals surface area contributed by atoms with Gasteiger partial charge in [-0.3, -0.25) is 13.9 Å². The molecular formula is C19H17N5O2. The van der Waals surface area contributed by atoms with Gasteiger partial charge in [0.15, 0.2) is 0 Å². The minimum absolute atomic E-state index is 0.173. The van der Waals surface area contributed by atoms with E-state index < -0.39 is 11.2 Å². The first-order valence-electron chi connectivity index (χ1n) is 8.11. The van der Waals surface area contributed by atoms with Crippen molar-refractivity contribution in [2.45, 2.75) is 13.0 Å². The topological polar surface area (TPSA) is 94.8 Å². The number of allylic oxidation sites excluding steroid dienone is 1. The molecule has 1 aromatic heterocycles. The van der Waals surface area contributed by atoms with E-state index in [1.807, 2.05) is 23.1 Å². The molecule has 0 unspecified atom stereocenters. The molecule has 2 aromatic rings. The summed E-state index contributed by atoms with van der Waals surface area (Å²) in [6, 6.07) is 11.6. The Kier molecular flexibility index (Phi) is 4.47. The molecule has 0 atom stereocenters. The van der Waals surface area contributed by atoms with Crippen molar-refractivity contribution in [1.29, 1.82) is 10.5 Å². The molecule has 0 N–H and O–H groups in total. The first-order chi connectivity index (χ1) is 12.5. The predicted molar refractivity (Wildman–Crippen MR) is 97.3 cm³/mol. The smallest absolute Gasteiger partial charge is 0.332 e. The molecule has 0 bridgehead atoms. The zero-order chi connectivity index (χ0) is 18.8. The Morgan fingerprint density at radius 2 is 1.73 bits per heavy atom. The van der Waals surface area contributed by atoms with E-state index >= 15 is 0 Å². The number of anilines is 1. The molecule has 0 radical (unpaired) electrons. The third-order valence-corrected chi connectivity index (χ3v) is 4.63. The highest BCUT2D eigenvalue weighted by Crippen LogP contribution is 2.26. The SMILES string of the molecule is Cn1c(N2CCc3ccccc3C2)c(C=C(C#N)C#N)c(=O)n(C)c1=O. The van der Waals surface area contributed by atoms with Crippen LogP contribution in [0.2, 0.25) is 0 Å². The van der Waals surface area contributed by atoms with Gasteiger partial charge in [-0.25, -0.2) is 4.79 Å². The van der Waals surface area contributed by atoms with E-state index in [0.717, 1.165) is 16.6 Å². The van der Waals surface area contributed by atoms with Crippen molar-refractivity contribution in [3.63, 3.8) is 0 Å². The second kappa shape index (κ2) is 6.73. The summed E-state index contributed by atoms with van der Waals surface area (Å²) in [6.45, 7) is 1.18. The first kappa shape index (κ1) is 17.2. The molecule has 0 saturated carbocycles. The van der Waals surface area contributed by atoms with Crippen molar-refractivity contribution in [3.05, 3.63) is 67.4 Å². The predicted octanol–water partition coefficient (Wildman–Crippen LogP) is 1.08. The number of rotatable bonds is 2. The van der Waals surface area contributed by atoms with Crippen LogP contribution in [0.4, 0.5) is 5.82 Å². The summed E-state index contributed by atoms with van der Waals surface area (Å²) in [4.78, 5) is 27.0. The van der Waals surface area contributed by atoms with Crippen LogP contribution in [-0.2, 0) is 27.1 Å². The van der Waals surface area contributed by atoms with Gasteiger partial charge in [-0.1, -0.05) is 24.3 Å². The van der Waals surface area contributed by atoms with Gasteiger partial charge < -0.3 is 4.90 Å². The largest absolute Gasteiger partial charge is 0.353 e. The van der Waals surface area contributed by atoms with Gasteiger partial charge in [0.1, 0.15) is 23.5 Å². The van der Waals surface area contributed by atoms with Crippen molar-refractivity contribution in [3.8, 4) is 12.1 Å². The molecule has 7 heteroatoms. The number of hydrogen-bond acceptors (Lipinski definition) is 5. The van der Waals surface area contributed by atoms with Crippen LogP contribution in [0.15, 0.2) is 39.4 Å². The number of nitrogens with zero attached hydrogens (tertiary/aromatic N) is 5. The standard InChI is InChI=1S/C19H17N5O2/c1-22-17(24-8-7-14-5-3-4-6-15(14)12-24)16(9-13(10-20)11-21)18(25)23(2)19(22)26/h3-6,9H,7-8,12H2,1-2H3. The van der Waals surface area contributed by atoms with Gasteiger partial charge in [0.2, 0.25) is 0 Å². The third kappa shape index (κ3) is 2.80. The first-order valence-corrected chi connectivity index (χ1v) is 8.11. The minimum atomic E-state index is -0.523. The molecule has 7 nitrogen and oxygen atoms in total. The van der Waals surface area contributed by atoms with E-state index in [0.29, 0.717) is 18.9 Å². The van der Waals surface area contributed by atoms with Gasteiger partial charge in [-0.2, -0.15) is 10.5 Å². The van der Waals surface area contributed by atoms with E-state index in [1.165, 1.54) is 23.3 Å². The molecule has 0 spiro atoms. The average Bonchev–Trinajstić information content (AvgIpc) is 2.67. The molecule has 1 aromatic carbocycles. The molecule has 0 fully saturated rings. The second-order valence-corrected chi connectivity index (χ2v) is 6.16. The lowest BCUT2D eigenvalue weighted by molar-refractivity contribution is 0.637. The van der Waals surface area contributed by atoms with E-state index in [2.05, 4.69) is 6.07 Å². The fourth-order valence-corrected chi connectivity index (χ4v) is 3.28. The Morgan fingerprint density at radius 1 is 1.08 bits per heavy atom. The van der Waals surface area contributed by atoms with Crippen molar-refractivity contribution < 1.29 is 0 Å². The molecule has 2 heterocycles. The molecule has 0 saturated heterocycles. The van der Waals surface area contributed by atoms with Gasteiger partial charge in [-0.05, 0) is 23.6 Å². The van der Waals surface area contributed by atoms with Gasteiger partial charge >= 0.3 is 5.69 Å². The summed E-state index contributed by atoms with van der Waals surface area (Å²) in [5.41, 5.74) is 1.39. The summed E-state index contributed by atoms with van der Waals surface area (Å²) < 4.78 is 2.38. The van der Waals surface area contributed by atoms with Crippen LogP contribution in [-0.4, -0.2) is 15.7 Å². The Balaban J connectivity index is 2.24. The van der Waals surface area contributed by atoms with E-state index in [9.17, 15) is 9.59 Å². The Hall–Kier alpha value is -3.58. The molecular weight excluding hydrogens is 330 g/mol. The molecule has 3 rings (SSSR count). The van der Waals surface area contributed by atoms with Crippen LogP contribution in [0.3, 0.4) is 0 Å². The van der Waals surface area contributed by atoms with Crippen molar-refractivity contribution in [2.75, 3.05) is 11.4 Å². The zero-order valence-electron chi connectivity index (χ0n) is 14.6. The molecule has 130 valence electrons. The Labute approximate surface area is 150 Å². The van der Waals surface area contributed by atoms with Crippen molar-refractivity contribution in [2.24, 2.45) is 14.1 Å². The van der Waals surface area contributed by atoms with Crippen LogP contribution in [0.1, 0.15) is 16.7 Å². The molecule has 1 aliphatic rings. The normalized spacial score (nSPS) is 12.7. The van der Waals surface area contributed by atoms with E-state index in [-0.39, 0.29) is 11.1 Å². The highest BCUT2D eigenvalue weighted by molar-refractivity contribution is 5.70. The number of aromatic nitrogens is 2. The van der Waals surface area contributed by atoms with Crippen LogP contribution in [0.25, 0.3) is 6.08 Å². The minimum Gasteiger partial charge on any atom is -0.353 e. The number of fused-ring (bicyclic) bond motifs is 1. The quantitative estimate of drug-likeness (QED) is 0.758. The van der Waals surface area contributed by atoms with Crippen LogP contribution in [0, 0.1) is 22.7 Å². The summed E-state index contributed by atoms with van der Waals surface area (Å²) in [7, 11) is 2.98. The Morgan fingerprint density at radius 3 is 2.38 bits per heavy atom. The van der Waals surface area contributed by atoms with Crippen molar-refractivity contribution in [1.82, 2.24) is 9.13 Å². The molecule has 1 aliphatic heterocycles. The van der Waals surface area contributed by atoms with Crippen molar-refractivity contribution >= 4 is 11.9 Å². The average molecular weight is 347 g/mol. The van der Waals surface area contributed by atoms with E-state index in [1.54, 1.807) is 19.2 Å². The van der Waals surface area contributed by atoms with Gasteiger partial charge in [0, 0.05) is 27.2 Å². The summed E-state index contributed by atoms with van der Waals surface area (Å²) in [5.74, 6) is 0.426. The van der Waals surface area contributed by atoms with Gasteiger partial charge in [-0.15, -0.1) is 0 Å². The molecule has 26 heavy (non-hydrogen) atoms. The highest BCUT2D eigenvalue weighted by atomic mass is 16.2. The van der Waals surface area contributed by atoms with E-state index in [4.69, 9.17) is 10.5 Å². The monoisotopic (exact) mass is 347 g/mol. The fourth-order valence-electron chi connectivity index (χ4n) is 3.28. The van der Waals surface area contributed by atoms with Crippen LogP contribution < -0.4 is 16.1 Å². The lowest BCUT2D eigenvalue weighted by atomic mass is 9.99. The Bertz CT molecular complexity index is 1090. The summed E-state index contributed by atoms with van der Waals surface area (Å²) in [5, 5.41) is 18.1. The summed E-state index contributed by atoms with van der Waals surface area (Å²) in [6.07, 6.45) is 2.05. The zero-order valence-corrected chi connectivity index (χ0v) is 14.6. The maximum atomic E-state index is 12.7. The van der Waals surface area contributed by atoms with Crippen LogP contribution >= 0.6 is 0 Å². The lowest BCUT2D eigenvalue weighted by Gasteiger charge is -2.32. The summed E-state index contributed by atoms with van der Waals surface area (Å²) >= 11 is 0. The molecule has 0 aliphatic carbocycles. The fraction of sp³-hybridized carbons (Fsp3) is 0.263. The van der Waals surface area contributed by atoms with Crippen LogP contribution in [0.5, 0.6) is 0 Å². The number of benzene rings is 1. The lowest BCUT2D eigenvalue weighted by Crippen LogP contribution is -2.43. The number of hydrogen-bond donors (Lipinski definition) is 0. The maximum Gasteiger partial charge on any atom is 0.332 e. The number of nitriles is 2. The highest BCUT2D eigenvalue weighted by Gasteiger charge is 2.23. The maximum absolute atomic E-state index is 12.7. The molecule has 0 amide bonds. The second-order valence-electron chi connectivity index (χ2n) is 6.16. The third-order valence-electron chi connectivity index (χ3n) is 4.63. The van der Waals surface area contributed by atoms with Gasteiger partial charge in [0.25, 0.3) is 5.56 Å².